The molecule has 13 heavy (non-hydrogen) atoms. The summed E-state index contributed by atoms with van der Waals surface area (Å²) in [7, 11) is 0. The summed E-state index contributed by atoms with van der Waals surface area (Å²) >= 11 is 5.49. The number of nitrogens with zero attached hydrogens (tertiary/aromatic N) is 1. The van der Waals surface area contributed by atoms with Crippen LogP contribution >= 0.6 is 11.6 Å². The maximum Gasteiger partial charge on any atom is 0.253 e. The molecule has 0 bridgehead atoms. The first-order chi connectivity index (χ1) is 6.11. The van der Waals surface area contributed by atoms with Gasteiger partial charge in [0.05, 0.1) is 4.92 Å². The molecule has 0 radical (unpaired) electrons. The molecule has 0 aromatic heterocycles. The van der Waals surface area contributed by atoms with Crippen LogP contribution in [0, 0.1) is 15.9 Å². The lowest BCUT2D eigenvalue weighted by Crippen LogP contribution is -1.89. The number of rotatable bonds is 2. The van der Waals surface area contributed by atoms with E-state index in [0.29, 0.717) is 6.20 Å². The maximum absolute atomic E-state index is 12.9. The monoisotopic (exact) mass is 201 g/mol. The van der Waals surface area contributed by atoms with Gasteiger partial charge in [0.1, 0.15) is 10.8 Å². The second-order valence-electron chi connectivity index (χ2n) is 2.24. The summed E-state index contributed by atoms with van der Waals surface area (Å²) in [4.78, 5) is 9.29. The Morgan fingerprint density at radius 3 is 2.69 bits per heavy atom. The second-order valence-corrected chi connectivity index (χ2v) is 2.65. The Labute approximate surface area is 78.6 Å². The van der Waals surface area contributed by atoms with Gasteiger partial charge in [-0.3, -0.25) is 10.1 Å². The van der Waals surface area contributed by atoms with Gasteiger partial charge in [-0.05, 0) is 6.07 Å². The van der Waals surface area contributed by atoms with E-state index in [1.54, 1.807) is 6.07 Å². The molecule has 1 rings (SSSR count). The Bertz CT molecular complexity index is 365. The van der Waals surface area contributed by atoms with E-state index < -0.39 is 10.7 Å². The highest BCUT2D eigenvalue weighted by molar-refractivity contribution is 6.48. The number of hydrogen-bond donors (Lipinski definition) is 0. The van der Waals surface area contributed by atoms with Crippen molar-refractivity contribution in [3.63, 3.8) is 0 Å². The molecule has 5 heteroatoms. The van der Waals surface area contributed by atoms with Crippen molar-refractivity contribution in [3.8, 4) is 0 Å². The van der Waals surface area contributed by atoms with Crippen LogP contribution in [-0.2, 0) is 0 Å². The molecule has 1 aromatic rings. The highest BCUT2D eigenvalue weighted by Gasteiger charge is 2.07. The number of hydrogen-bond acceptors (Lipinski definition) is 2. The summed E-state index contributed by atoms with van der Waals surface area (Å²) < 4.78 is 12.9. The van der Waals surface area contributed by atoms with Crippen LogP contribution in [0.4, 0.5) is 4.39 Å². The Hall–Kier alpha value is -1.42. The molecule has 0 amide bonds. The third-order valence-electron chi connectivity index (χ3n) is 1.35. The minimum atomic E-state index is -0.727. The third-order valence-corrected chi connectivity index (χ3v) is 1.65. The van der Waals surface area contributed by atoms with E-state index in [0.717, 1.165) is 0 Å². The smallest absolute Gasteiger partial charge is 0.253 e. The van der Waals surface area contributed by atoms with Gasteiger partial charge in [0.2, 0.25) is 0 Å². The van der Waals surface area contributed by atoms with Crippen molar-refractivity contribution in [1.82, 2.24) is 0 Å². The summed E-state index contributed by atoms with van der Waals surface area (Å²) in [5.74, 6) is -0.578. The van der Waals surface area contributed by atoms with Crippen molar-refractivity contribution in [3.05, 3.63) is 52.0 Å². The Balaban J connectivity index is 3.08. The number of benzene rings is 1. The summed E-state index contributed by atoms with van der Waals surface area (Å²) in [5, 5.41) is 9.80. The topological polar surface area (TPSA) is 43.1 Å². The van der Waals surface area contributed by atoms with Crippen molar-refractivity contribution >= 4 is 16.6 Å². The third kappa shape index (κ3) is 2.52. The van der Waals surface area contributed by atoms with Crippen molar-refractivity contribution in [1.29, 1.82) is 0 Å². The molecular formula is C8H5ClFNO2. The lowest BCUT2D eigenvalue weighted by Gasteiger charge is -1.96. The van der Waals surface area contributed by atoms with E-state index in [2.05, 4.69) is 0 Å². The fourth-order valence-corrected chi connectivity index (χ4v) is 1.05. The van der Waals surface area contributed by atoms with Gasteiger partial charge >= 0.3 is 0 Å². The van der Waals surface area contributed by atoms with Gasteiger partial charge in [-0.25, -0.2) is 4.39 Å². The van der Waals surface area contributed by atoms with Crippen molar-refractivity contribution in [2.45, 2.75) is 0 Å². The van der Waals surface area contributed by atoms with Crippen LogP contribution in [0.3, 0.4) is 0 Å². The predicted molar refractivity (Wildman–Crippen MR) is 47.2 cm³/mol. The second kappa shape index (κ2) is 4.00. The van der Waals surface area contributed by atoms with Crippen LogP contribution in [0.15, 0.2) is 30.5 Å². The highest BCUT2D eigenvalue weighted by atomic mass is 35.5. The fraction of sp³-hybridized carbons (Fsp3) is 0. The summed E-state index contributed by atoms with van der Waals surface area (Å²) in [6.07, 6.45) is 0.556. The van der Waals surface area contributed by atoms with Crippen molar-refractivity contribution < 1.29 is 9.31 Å². The van der Waals surface area contributed by atoms with Gasteiger partial charge in [0, 0.05) is 5.56 Å². The van der Waals surface area contributed by atoms with Crippen LogP contribution in [-0.4, -0.2) is 4.92 Å². The lowest BCUT2D eigenvalue weighted by atomic mass is 10.2. The number of halogens is 2. The van der Waals surface area contributed by atoms with E-state index in [-0.39, 0.29) is 10.6 Å². The quantitative estimate of drug-likeness (QED) is 0.545. The van der Waals surface area contributed by atoms with Gasteiger partial charge in [-0.15, -0.1) is 0 Å². The fourth-order valence-electron chi connectivity index (χ4n) is 0.817. The molecule has 0 fully saturated rings. The first kappa shape index (κ1) is 9.67. The van der Waals surface area contributed by atoms with E-state index in [1.165, 1.54) is 18.2 Å². The lowest BCUT2D eigenvalue weighted by molar-refractivity contribution is -0.401. The minimum Gasteiger partial charge on any atom is -0.259 e. The molecule has 0 heterocycles. The average molecular weight is 202 g/mol. The zero-order valence-electron chi connectivity index (χ0n) is 6.41. The molecule has 1 aromatic carbocycles. The zero-order valence-corrected chi connectivity index (χ0v) is 7.16. The first-order valence-corrected chi connectivity index (χ1v) is 3.75. The Morgan fingerprint density at radius 1 is 1.54 bits per heavy atom. The molecule has 0 spiro atoms. The summed E-state index contributed by atoms with van der Waals surface area (Å²) in [5.41, 5.74) is 0.0286. The molecule has 0 N–H and O–H groups in total. The predicted octanol–water partition coefficient (Wildman–Crippen LogP) is 2.64. The van der Waals surface area contributed by atoms with Crippen LogP contribution < -0.4 is 0 Å². The standard InChI is InChI=1S/C8H5ClFNO2/c9-7(5-11(12)13)6-3-1-2-4-8(6)10/h1-5H/b7-5+. The molecule has 0 saturated heterocycles. The molecule has 0 unspecified atom stereocenters. The Kier molecular flexibility index (Phi) is 2.97. The molecule has 0 atom stereocenters. The molecule has 0 saturated carbocycles. The van der Waals surface area contributed by atoms with E-state index >= 15 is 0 Å². The molecule has 3 nitrogen and oxygen atoms in total. The maximum atomic E-state index is 12.9. The van der Waals surface area contributed by atoms with Crippen molar-refractivity contribution in [2.75, 3.05) is 0 Å². The normalized spacial score (nSPS) is 11.4. The SMILES string of the molecule is O=[N+]([O-])/C=C(/Cl)c1ccccc1F. The Morgan fingerprint density at radius 2 is 2.15 bits per heavy atom. The van der Waals surface area contributed by atoms with E-state index in [9.17, 15) is 14.5 Å². The molecule has 0 aliphatic heterocycles. The van der Waals surface area contributed by atoms with Crippen LogP contribution in [0.2, 0.25) is 0 Å². The van der Waals surface area contributed by atoms with Gasteiger partial charge in [-0.2, -0.15) is 0 Å². The van der Waals surface area contributed by atoms with E-state index in [1.807, 2.05) is 0 Å². The minimum absolute atomic E-state index is 0.0286. The van der Waals surface area contributed by atoms with Crippen LogP contribution in [0.5, 0.6) is 0 Å². The average Bonchev–Trinajstić information content (AvgIpc) is 2.03. The van der Waals surface area contributed by atoms with Gasteiger partial charge in [0.15, 0.2) is 0 Å². The van der Waals surface area contributed by atoms with Crippen LogP contribution in [0.1, 0.15) is 5.56 Å². The summed E-state index contributed by atoms with van der Waals surface area (Å²) in [6, 6.07) is 5.59. The molecule has 0 aliphatic rings. The molecular weight excluding hydrogens is 197 g/mol. The molecule has 0 aliphatic carbocycles. The summed E-state index contributed by atoms with van der Waals surface area (Å²) in [6.45, 7) is 0. The largest absolute Gasteiger partial charge is 0.259 e. The number of nitro groups is 1. The van der Waals surface area contributed by atoms with E-state index in [4.69, 9.17) is 11.6 Å². The van der Waals surface area contributed by atoms with Gasteiger partial charge in [0.25, 0.3) is 6.20 Å². The highest BCUT2D eigenvalue weighted by Crippen LogP contribution is 2.21. The first-order valence-electron chi connectivity index (χ1n) is 3.37. The van der Waals surface area contributed by atoms with Gasteiger partial charge in [-0.1, -0.05) is 29.8 Å². The molecule has 68 valence electrons. The van der Waals surface area contributed by atoms with Gasteiger partial charge < -0.3 is 0 Å². The van der Waals surface area contributed by atoms with Crippen LogP contribution in [0.25, 0.3) is 5.03 Å². The zero-order chi connectivity index (χ0) is 9.84. The van der Waals surface area contributed by atoms with Crippen molar-refractivity contribution in [2.24, 2.45) is 0 Å².